The maximum atomic E-state index is 12.9. The summed E-state index contributed by atoms with van der Waals surface area (Å²) >= 11 is 0. The van der Waals surface area contributed by atoms with Gasteiger partial charge in [-0.25, -0.2) is 8.42 Å². The highest BCUT2D eigenvalue weighted by atomic mass is 32.2. The van der Waals surface area contributed by atoms with Crippen LogP contribution < -0.4 is 4.74 Å². The van der Waals surface area contributed by atoms with Gasteiger partial charge in [0, 0.05) is 18.3 Å². The van der Waals surface area contributed by atoms with E-state index >= 15 is 0 Å². The van der Waals surface area contributed by atoms with Crippen LogP contribution >= 0.6 is 0 Å². The van der Waals surface area contributed by atoms with Gasteiger partial charge in [-0.05, 0) is 50.5 Å². The number of amides is 1. The third kappa shape index (κ3) is 4.60. The van der Waals surface area contributed by atoms with Gasteiger partial charge in [0.15, 0.2) is 6.61 Å². The summed E-state index contributed by atoms with van der Waals surface area (Å²) in [6.45, 7) is 0.311. The molecule has 8 nitrogen and oxygen atoms in total. The van der Waals surface area contributed by atoms with Gasteiger partial charge in [-0.3, -0.25) is 9.78 Å². The Hall–Kier alpha value is -2.42. The lowest BCUT2D eigenvalue weighted by atomic mass is 9.82. The molecule has 3 aliphatic heterocycles. The Balaban J connectivity index is 1.70. The molecular weight excluding hydrogens is 394 g/mol. The molecule has 1 saturated heterocycles. The summed E-state index contributed by atoms with van der Waals surface area (Å²) in [7, 11) is -3.59. The summed E-state index contributed by atoms with van der Waals surface area (Å²) in [6, 6.07) is 1.97. The highest BCUT2D eigenvalue weighted by Gasteiger charge is 2.31. The van der Waals surface area contributed by atoms with Gasteiger partial charge in [-0.15, -0.1) is 0 Å². The fourth-order valence-corrected chi connectivity index (χ4v) is 4.81. The fraction of sp³-hybridized carbons (Fsp3) is 0.550. The van der Waals surface area contributed by atoms with E-state index < -0.39 is 10.0 Å². The molecule has 0 unspecified atom stereocenters. The largest absolute Gasteiger partial charge is 0.496 e. The smallest absolute Gasteiger partial charge is 0.265 e. The van der Waals surface area contributed by atoms with Crippen LogP contribution in [0.4, 0.5) is 0 Å². The van der Waals surface area contributed by atoms with Crippen molar-refractivity contribution < 1.29 is 22.7 Å². The number of hydrogen-bond acceptors (Lipinski definition) is 6. The lowest BCUT2D eigenvalue weighted by Gasteiger charge is -2.31. The SMILES string of the molecule is CS(=O)(=O)/N=C1CCCN2C(=O)COc3cnccc3C3CCC(CC3)O\C=C\12. The van der Waals surface area contributed by atoms with Gasteiger partial charge < -0.3 is 14.4 Å². The molecule has 2 bridgehead atoms. The Morgan fingerprint density at radius 2 is 2.03 bits per heavy atom. The Bertz CT molecular complexity index is 949. The maximum Gasteiger partial charge on any atom is 0.265 e. The van der Waals surface area contributed by atoms with E-state index in [1.54, 1.807) is 12.4 Å². The van der Waals surface area contributed by atoms with Crippen LogP contribution in [0.25, 0.3) is 0 Å². The topological polar surface area (TPSA) is 98.2 Å². The average molecular weight is 420 g/mol. The molecule has 1 aromatic rings. The van der Waals surface area contributed by atoms with Gasteiger partial charge in [-0.1, -0.05) is 0 Å². The number of sulfonamides is 1. The Labute approximate surface area is 170 Å². The molecule has 4 heterocycles. The van der Waals surface area contributed by atoms with Crippen molar-refractivity contribution in [1.29, 1.82) is 0 Å². The van der Waals surface area contributed by atoms with Crippen LogP contribution in [-0.4, -0.2) is 55.4 Å². The van der Waals surface area contributed by atoms with Gasteiger partial charge in [0.2, 0.25) is 0 Å². The lowest BCUT2D eigenvalue weighted by molar-refractivity contribution is -0.131. The molecule has 0 spiro atoms. The van der Waals surface area contributed by atoms with Crippen molar-refractivity contribution in [2.45, 2.75) is 50.5 Å². The lowest BCUT2D eigenvalue weighted by Crippen LogP contribution is -2.41. The van der Waals surface area contributed by atoms with E-state index in [1.165, 1.54) is 11.2 Å². The van der Waals surface area contributed by atoms with Crippen LogP contribution in [0.5, 0.6) is 5.75 Å². The van der Waals surface area contributed by atoms with E-state index in [2.05, 4.69) is 9.38 Å². The number of piperidine rings is 1. The summed E-state index contributed by atoms with van der Waals surface area (Å²) in [5, 5.41) is 0. The third-order valence-electron chi connectivity index (χ3n) is 5.61. The van der Waals surface area contributed by atoms with E-state index in [-0.39, 0.29) is 18.6 Å². The van der Waals surface area contributed by atoms with Gasteiger partial charge in [-0.2, -0.15) is 4.40 Å². The highest BCUT2D eigenvalue weighted by molar-refractivity contribution is 7.89. The molecule has 0 aromatic carbocycles. The van der Waals surface area contributed by atoms with Crippen LogP contribution in [0, 0.1) is 0 Å². The predicted molar refractivity (Wildman–Crippen MR) is 107 cm³/mol. The second-order valence-electron chi connectivity index (χ2n) is 7.73. The van der Waals surface area contributed by atoms with Crippen molar-refractivity contribution >= 4 is 21.6 Å². The van der Waals surface area contributed by atoms with Gasteiger partial charge in [0.25, 0.3) is 15.9 Å². The van der Waals surface area contributed by atoms with Crippen molar-refractivity contribution in [3.8, 4) is 5.75 Å². The van der Waals surface area contributed by atoms with Gasteiger partial charge in [0.1, 0.15) is 17.7 Å². The first kappa shape index (κ1) is 19.9. The molecule has 1 aromatic heterocycles. The number of nitrogens with zero attached hydrogens (tertiary/aromatic N) is 3. The first-order valence-electron chi connectivity index (χ1n) is 9.92. The number of pyridine rings is 1. The Morgan fingerprint density at radius 3 is 2.79 bits per heavy atom. The standard InChI is InChI=1S/C20H25N3O5S/c1-29(25,26)22-17-3-2-10-23-18(17)12-27-15-6-4-14(5-7-15)16-8-9-21-11-19(16)28-13-20(23)24/h8-9,11-12,14-15H,2-7,10,13H2,1H3/b18-12-,22-17+. The zero-order chi connectivity index (χ0) is 20.4. The zero-order valence-electron chi connectivity index (χ0n) is 16.4. The molecule has 2 fully saturated rings. The van der Waals surface area contributed by atoms with Crippen molar-refractivity contribution in [3.05, 3.63) is 36.0 Å². The molecular formula is C20H25N3O5S. The maximum absolute atomic E-state index is 12.9. The summed E-state index contributed by atoms with van der Waals surface area (Å²) in [5.41, 5.74) is 1.86. The number of carbonyl (C=O) groups is 1. The number of fused-ring (bicyclic) bond motifs is 5. The third-order valence-corrected chi connectivity index (χ3v) is 6.16. The highest BCUT2D eigenvalue weighted by Crippen LogP contribution is 2.38. The number of carbonyl (C=O) groups excluding carboxylic acids is 1. The van der Waals surface area contributed by atoms with Crippen LogP contribution in [0.1, 0.15) is 50.0 Å². The molecule has 5 rings (SSSR count). The zero-order valence-corrected chi connectivity index (χ0v) is 17.2. The first-order chi connectivity index (χ1) is 13.9. The molecule has 9 heteroatoms. The van der Waals surface area contributed by atoms with Crippen molar-refractivity contribution in [3.63, 3.8) is 0 Å². The van der Waals surface area contributed by atoms with Gasteiger partial charge in [0.05, 0.1) is 24.3 Å². The second kappa shape index (κ2) is 8.14. The predicted octanol–water partition coefficient (Wildman–Crippen LogP) is 2.38. The summed E-state index contributed by atoms with van der Waals surface area (Å²) in [6.07, 6.45) is 10.8. The van der Waals surface area contributed by atoms with Crippen LogP contribution in [-0.2, 0) is 19.6 Å². The van der Waals surface area contributed by atoms with Crippen molar-refractivity contribution in [2.24, 2.45) is 4.40 Å². The fourth-order valence-electron chi connectivity index (χ4n) is 4.23. The number of ether oxygens (including phenoxy) is 2. The van der Waals surface area contributed by atoms with E-state index in [0.29, 0.717) is 42.5 Å². The molecule has 0 N–H and O–H groups in total. The van der Waals surface area contributed by atoms with Crippen molar-refractivity contribution in [1.82, 2.24) is 9.88 Å². The Morgan fingerprint density at radius 1 is 1.24 bits per heavy atom. The van der Waals surface area contributed by atoms with Crippen LogP contribution in [0.2, 0.25) is 0 Å². The van der Waals surface area contributed by atoms with E-state index in [4.69, 9.17) is 9.47 Å². The summed E-state index contributed by atoms with van der Waals surface area (Å²) < 4.78 is 39.2. The van der Waals surface area contributed by atoms with E-state index in [1.807, 2.05) is 6.07 Å². The minimum atomic E-state index is -3.59. The van der Waals surface area contributed by atoms with E-state index in [9.17, 15) is 13.2 Å². The normalized spacial score (nSPS) is 28.6. The number of allylic oxidation sites excluding steroid dienone is 1. The molecule has 0 radical (unpaired) electrons. The molecule has 1 saturated carbocycles. The first-order valence-corrected chi connectivity index (χ1v) is 11.8. The number of hydrogen-bond donors (Lipinski definition) is 0. The van der Waals surface area contributed by atoms with Crippen molar-refractivity contribution in [2.75, 3.05) is 19.4 Å². The van der Waals surface area contributed by atoms with E-state index in [0.717, 1.165) is 37.5 Å². The summed E-state index contributed by atoms with van der Waals surface area (Å²) in [4.78, 5) is 18.6. The molecule has 1 amide bonds. The van der Waals surface area contributed by atoms with Gasteiger partial charge >= 0.3 is 0 Å². The number of aromatic nitrogens is 1. The minimum Gasteiger partial charge on any atom is -0.496 e. The minimum absolute atomic E-state index is 0.0315. The molecule has 156 valence electrons. The molecule has 1 aliphatic carbocycles. The van der Waals surface area contributed by atoms with Crippen LogP contribution in [0.3, 0.4) is 0 Å². The Kier molecular flexibility index (Phi) is 5.58. The molecule has 29 heavy (non-hydrogen) atoms. The average Bonchev–Trinajstić information content (AvgIpc) is 2.71. The molecule has 0 atom stereocenters. The van der Waals surface area contributed by atoms with Crippen LogP contribution in [0.15, 0.2) is 34.8 Å². The summed E-state index contributed by atoms with van der Waals surface area (Å²) in [5.74, 6) is 0.723. The monoisotopic (exact) mass is 419 g/mol. The molecule has 4 aliphatic rings. The second-order valence-corrected chi connectivity index (χ2v) is 9.38. The quantitative estimate of drug-likeness (QED) is 0.693. The number of rotatable bonds is 1.